The van der Waals surface area contributed by atoms with Gasteiger partial charge in [-0.1, -0.05) is 31.1 Å². The smallest absolute Gasteiger partial charge is 0.387 e. The van der Waals surface area contributed by atoms with Crippen molar-refractivity contribution in [1.29, 1.82) is 0 Å². The summed E-state index contributed by atoms with van der Waals surface area (Å²) in [5.74, 6) is 0.941. The molecule has 0 aliphatic carbocycles. The molecule has 0 saturated carbocycles. The van der Waals surface area contributed by atoms with E-state index in [9.17, 15) is 8.78 Å². The molecule has 1 aromatic heterocycles. The first-order valence-electron chi connectivity index (χ1n) is 6.60. The van der Waals surface area contributed by atoms with Gasteiger partial charge in [-0.2, -0.15) is 13.8 Å². The first kappa shape index (κ1) is 15.2. The van der Waals surface area contributed by atoms with Crippen LogP contribution in [0.3, 0.4) is 0 Å². The summed E-state index contributed by atoms with van der Waals surface area (Å²) in [4.78, 5) is 4.22. The Morgan fingerprint density at radius 1 is 1.14 bits per heavy atom. The summed E-state index contributed by atoms with van der Waals surface area (Å²) < 4.78 is 33.5. The number of nitrogens with zero attached hydrogens (tertiary/aromatic N) is 2. The summed E-state index contributed by atoms with van der Waals surface area (Å²) >= 11 is 0. The van der Waals surface area contributed by atoms with Crippen LogP contribution < -0.4 is 10.1 Å². The Labute approximate surface area is 121 Å². The molecule has 5 nitrogen and oxygen atoms in total. The highest BCUT2D eigenvalue weighted by Gasteiger charge is 2.13. The van der Waals surface area contributed by atoms with Gasteiger partial charge >= 0.3 is 12.6 Å². The first-order valence-corrected chi connectivity index (χ1v) is 6.60. The van der Waals surface area contributed by atoms with E-state index in [4.69, 9.17) is 4.52 Å². The number of benzene rings is 1. The maximum absolute atomic E-state index is 12.1. The number of alkyl halides is 2. The highest BCUT2D eigenvalue weighted by molar-refractivity contribution is 5.33. The molecule has 0 amide bonds. The molecule has 0 bridgehead atoms. The van der Waals surface area contributed by atoms with Crippen LogP contribution in [0.15, 0.2) is 28.8 Å². The third kappa shape index (κ3) is 4.14. The lowest BCUT2D eigenvalue weighted by molar-refractivity contribution is -0.0498. The van der Waals surface area contributed by atoms with E-state index in [0.29, 0.717) is 11.8 Å². The molecule has 1 aromatic carbocycles. The Morgan fingerprint density at radius 3 is 2.33 bits per heavy atom. The molecule has 1 N–H and O–H groups in total. The summed E-state index contributed by atoms with van der Waals surface area (Å²) in [6, 6.07) is 6.62. The third-order valence-corrected chi connectivity index (χ3v) is 2.90. The predicted octanol–water partition coefficient (Wildman–Crippen LogP) is 3.97. The maximum Gasteiger partial charge on any atom is 0.387 e. The number of nitrogens with one attached hydrogen (secondary N) is 1. The molecule has 0 radical (unpaired) electrons. The van der Waals surface area contributed by atoms with Crippen LogP contribution in [0.25, 0.3) is 0 Å². The average molecular weight is 297 g/mol. The number of halogens is 2. The zero-order valence-corrected chi connectivity index (χ0v) is 12.0. The summed E-state index contributed by atoms with van der Waals surface area (Å²) in [5.41, 5.74) is 0.890. The monoisotopic (exact) mass is 297 g/mol. The summed E-state index contributed by atoms with van der Waals surface area (Å²) in [6.45, 7) is 3.03. The predicted molar refractivity (Wildman–Crippen MR) is 73.5 cm³/mol. The summed E-state index contributed by atoms with van der Waals surface area (Å²) in [7, 11) is 0. The van der Waals surface area contributed by atoms with Gasteiger partial charge in [0.15, 0.2) is 5.82 Å². The van der Waals surface area contributed by atoms with Crippen molar-refractivity contribution in [2.75, 3.05) is 5.32 Å². The average Bonchev–Trinajstić information content (AvgIpc) is 2.87. The topological polar surface area (TPSA) is 60.2 Å². The second-order valence-electron chi connectivity index (χ2n) is 4.93. The van der Waals surface area contributed by atoms with E-state index in [0.717, 1.165) is 5.56 Å². The van der Waals surface area contributed by atoms with E-state index in [1.54, 1.807) is 12.1 Å². The number of hydrogen-bond acceptors (Lipinski definition) is 5. The fourth-order valence-corrected chi connectivity index (χ4v) is 1.73. The van der Waals surface area contributed by atoms with Gasteiger partial charge in [0.05, 0.1) is 6.04 Å². The number of anilines is 1. The van der Waals surface area contributed by atoms with E-state index >= 15 is 0 Å². The quantitative estimate of drug-likeness (QED) is 0.874. The number of rotatable bonds is 6. The van der Waals surface area contributed by atoms with Gasteiger partial charge in [0.1, 0.15) is 5.75 Å². The van der Waals surface area contributed by atoms with Crippen molar-refractivity contribution in [2.24, 2.45) is 0 Å². The molecule has 0 aliphatic heterocycles. The van der Waals surface area contributed by atoms with Gasteiger partial charge in [0.2, 0.25) is 0 Å². The molecule has 1 heterocycles. The van der Waals surface area contributed by atoms with Crippen LogP contribution in [0.5, 0.6) is 5.75 Å². The normalized spacial score (nSPS) is 12.7. The Bertz CT molecular complexity index is 570. The molecule has 114 valence electrons. The van der Waals surface area contributed by atoms with Gasteiger partial charge in [-0.15, -0.1) is 0 Å². The minimum absolute atomic E-state index is 0.105. The van der Waals surface area contributed by atoms with Crippen LogP contribution in [-0.2, 0) is 0 Å². The van der Waals surface area contributed by atoms with E-state index in [-0.39, 0.29) is 17.7 Å². The van der Waals surface area contributed by atoms with Gasteiger partial charge in [-0.05, 0) is 24.6 Å². The fourth-order valence-electron chi connectivity index (χ4n) is 1.73. The van der Waals surface area contributed by atoms with Crippen molar-refractivity contribution in [3.63, 3.8) is 0 Å². The Balaban J connectivity index is 2.00. The minimum Gasteiger partial charge on any atom is -0.435 e. The molecule has 2 rings (SSSR count). The number of ether oxygens (including phenoxy) is 1. The molecule has 7 heteroatoms. The molecule has 1 unspecified atom stereocenters. The first-order chi connectivity index (χ1) is 9.95. The van der Waals surface area contributed by atoms with Gasteiger partial charge < -0.3 is 14.6 Å². The fraction of sp³-hybridized carbons (Fsp3) is 0.429. The lowest BCUT2D eigenvalue weighted by Crippen LogP contribution is -2.07. The maximum atomic E-state index is 12.1. The standard InChI is InChI=1S/C14H17F2N3O2/c1-8(2)12-18-14(21-19-12)17-9(3)10-4-6-11(7-5-10)20-13(15)16/h4-9,13H,1-3H3,(H,17,18,19). The van der Waals surface area contributed by atoms with E-state index in [1.165, 1.54) is 12.1 Å². The third-order valence-electron chi connectivity index (χ3n) is 2.90. The molecular weight excluding hydrogens is 280 g/mol. The van der Waals surface area contributed by atoms with Crippen molar-refractivity contribution in [3.8, 4) is 5.75 Å². The molecule has 2 aromatic rings. The summed E-state index contributed by atoms with van der Waals surface area (Å²) in [6.07, 6.45) is 0. The largest absolute Gasteiger partial charge is 0.435 e. The Hall–Kier alpha value is -2.18. The Kier molecular flexibility index (Phi) is 4.72. The van der Waals surface area contributed by atoms with Crippen molar-refractivity contribution in [2.45, 2.75) is 39.3 Å². The molecular formula is C14H17F2N3O2. The van der Waals surface area contributed by atoms with Crippen molar-refractivity contribution >= 4 is 6.01 Å². The van der Waals surface area contributed by atoms with E-state index < -0.39 is 6.61 Å². The van der Waals surface area contributed by atoms with Crippen molar-refractivity contribution in [1.82, 2.24) is 10.1 Å². The molecule has 0 spiro atoms. The van der Waals surface area contributed by atoms with Gasteiger partial charge in [-0.3, -0.25) is 0 Å². The van der Waals surface area contributed by atoms with Crippen LogP contribution >= 0.6 is 0 Å². The molecule has 0 aliphatic rings. The second-order valence-corrected chi connectivity index (χ2v) is 4.93. The highest BCUT2D eigenvalue weighted by Crippen LogP contribution is 2.22. The van der Waals surface area contributed by atoms with Crippen molar-refractivity contribution in [3.05, 3.63) is 35.7 Å². The van der Waals surface area contributed by atoms with Crippen LogP contribution in [0.4, 0.5) is 14.8 Å². The van der Waals surface area contributed by atoms with Gasteiger partial charge in [-0.25, -0.2) is 0 Å². The molecule has 0 fully saturated rings. The van der Waals surface area contributed by atoms with Gasteiger partial charge in [0, 0.05) is 5.92 Å². The molecule has 21 heavy (non-hydrogen) atoms. The van der Waals surface area contributed by atoms with E-state index in [2.05, 4.69) is 20.2 Å². The summed E-state index contributed by atoms with van der Waals surface area (Å²) in [5, 5.41) is 6.92. The van der Waals surface area contributed by atoms with Crippen LogP contribution in [0.1, 0.15) is 44.1 Å². The highest BCUT2D eigenvalue weighted by atomic mass is 19.3. The van der Waals surface area contributed by atoms with Gasteiger partial charge in [0.25, 0.3) is 0 Å². The van der Waals surface area contributed by atoms with Crippen LogP contribution in [-0.4, -0.2) is 16.8 Å². The van der Waals surface area contributed by atoms with Crippen LogP contribution in [0, 0.1) is 0 Å². The lowest BCUT2D eigenvalue weighted by Gasteiger charge is -2.12. The Morgan fingerprint density at radius 2 is 1.81 bits per heavy atom. The second kappa shape index (κ2) is 6.51. The van der Waals surface area contributed by atoms with Crippen molar-refractivity contribution < 1.29 is 18.0 Å². The number of hydrogen-bond donors (Lipinski definition) is 1. The lowest BCUT2D eigenvalue weighted by atomic mass is 10.1. The molecule has 1 atom stereocenters. The minimum atomic E-state index is -2.82. The SMILES string of the molecule is CC(C)c1noc(NC(C)c2ccc(OC(F)F)cc2)n1. The zero-order chi connectivity index (χ0) is 15.4. The number of aromatic nitrogens is 2. The molecule has 0 saturated heterocycles. The van der Waals surface area contributed by atoms with Crippen LogP contribution in [0.2, 0.25) is 0 Å². The zero-order valence-electron chi connectivity index (χ0n) is 12.0. The van der Waals surface area contributed by atoms with E-state index in [1.807, 2.05) is 20.8 Å².